The number of anilines is 1. The fraction of sp³-hybridized carbons (Fsp3) is 0.500. The Balaban J connectivity index is 2.36. The minimum absolute atomic E-state index is 0.170. The number of rotatable bonds is 9. The van der Waals surface area contributed by atoms with Crippen LogP contribution in [0.2, 0.25) is 0 Å². The molecule has 0 saturated carbocycles. The summed E-state index contributed by atoms with van der Waals surface area (Å²) in [5.41, 5.74) is 6.33. The maximum atomic E-state index is 11.9. The van der Waals surface area contributed by atoms with E-state index in [1.807, 2.05) is 0 Å². The smallest absolute Gasteiger partial charge is 0.344 e. The minimum atomic E-state index is -0.513. The number of hydrogen-bond acceptors (Lipinski definition) is 6. The van der Waals surface area contributed by atoms with Crippen molar-refractivity contribution in [2.45, 2.75) is 6.42 Å². The maximum absolute atomic E-state index is 11.9. The third-order valence-electron chi connectivity index (χ3n) is 2.58. The second-order valence-corrected chi connectivity index (χ2v) is 4.02. The normalized spacial score (nSPS) is 10.3. The Kier molecular flexibility index (Phi) is 7.46. The monoisotopic (exact) mass is 283 g/mol. The lowest BCUT2D eigenvalue weighted by atomic mass is 10.1. The Morgan fingerprint density at radius 2 is 1.95 bits per heavy atom. The van der Waals surface area contributed by atoms with Gasteiger partial charge in [-0.1, -0.05) is 6.07 Å². The van der Waals surface area contributed by atoms with Crippen LogP contribution in [0.3, 0.4) is 0 Å². The van der Waals surface area contributed by atoms with E-state index < -0.39 is 5.97 Å². The average Bonchev–Trinajstić information content (AvgIpc) is 2.45. The molecule has 0 spiro atoms. The predicted molar refractivity (Wildman–Crippen MR) is 75.0 cm³/mol. The molecule has 1 aromatic rings. The van der Waals surface area contributed by atoms with Crippen molar-refractivity contribution in [1.82, 2.24) is 0 Å². The van der Waals surface area contributed by atoms with Gasteiger partial charge in [-0.25, -0.2) is 4.79 Å². The Hall–Kier alpha value is -1.79. The van der Waals surface area contributed by atoms with Crippen molar-refractivity contribution >= 4 is 11.7 Å². The number of carbonyl (C=O) groups excluding carboxylic acids is 1. The van der Waals surface area contributed by atoms with Gasteiger partial charge < -0.3 is 24.7 Å². The fourth-order valence-corrected chi connectivity index (χ4v) is 1.61. The molecule has 0 bridgehead atoms. The molecular weight excluding hydrogens is 262 g/mol. The van der Waals surface area contributed by atoms with E-state index in [0.717, 1.165) is 6.42 Å². The van der Waals surface area contributed by atoms with E-state index in [9.17, 15) is 4.79 Å². The van der Waals surface area contributed by atoms with Gasteiger partial charge in [0, 0.05) is 26.0 Å². The highest BCUT2D eigenvalue weighted by Gasteiger charge is 2.16. The van der Waals surface area contributed by atoms with Crippen molar-refractivity contribution in [2.24, 2.45) is 0 Å². The summed E-state index contributed by atoms with van der Waals surface area (Å²) in [6.07, 6.45) is 0.809. The van der Waals surface area contributed by atoms with Crippen molar-refractivity contribution in [3.8, 4) is 5.75 Å². The summed E-state index contributed by atoms with van der Waals surface area (Å²) in [5.74, 6) is -0.114. The Morgan fingerprint density at radius 3 is 2.65 bits per heavy atom. The van der Waals surface area contributed by atoms with Gasteiger partial charge in [0.1, 0.15) is 17.9 Å². The molecule has 0 saturated heterocycles. The molecule has 0 amide bonds. The standard InChI is InChI=1S/C14H21NO5/c1-17-7-4-8-19-9-10-20-14(16)13-11(15)5-3-6-12(13)18-2/h3,5-6H,4,7-10,15H2,1-2H3. The second kappa shape index (κ2) is 9.17. The molecule has 20 heavy (non-hydrogen) atoms. The summed E-state index contributed by atoms with van der Waals surface area (Å²) >= 11 is 0. The van der Waals surface area contributed by atoms with Crippen LogP contribution in [0.1, 0.15) is 16.8 Å². The van der Waals surface area contributed by atoms with Crippen molar-refractivity contribution in [3.05, 3.63) is 23.8 Å². The van der Waals surface area contributed by atoms with E-state index in [-0.39, 0.29) is 12.2 Å². The number of carbonyl (C=O) groups is 1. The highest BCUT2D eigenvalue weighted by atomic mass is 16.6. The number of benzene rings is 1. The summed E-state index contributed by atoms with van der Waals surface area (Å²) in [4.78, 5) is 11.9. The zero-order valence-electron chi connectivity index (χ0n) is 11.9. The highest BCUT2D eigenvalue weighted by molar-refractivity contribution is 5.98. The molecule has 6 heteroatoms. The first-order chi connectivity index (χ1) is 9.70. The van der Waals surface area contributed by atoms with Gasteiger partial charge >= 0.3 is 5.97 Å². The van der Waals surface area contributed by atoms with Crippen LogP contribution < -0.4 is 10.5 Å². The predicted octanol–water partition coefficient (Wildman–Crippen LogP) is 1.49. The number of nitrogens with two attached hydrogens (primary N) is 1. The fourth-order valence-electron chi connectivity index (χ4n) is 1.61. The second-order valence-electron chi connectivity index (χ2n) is 4.02. The summed E-state index contributed by atoms with van der Waals surface area (Å²) in [6, 6.07) is 5.00. The third-order valence-corrected chi connectivity index (χ3v) is 2.58. The van der Waals surface area contributed by atoms with Crippen LogP contribution in [-0.2, 0) is 14.2 Å². The molecular formula is C14H21NO5. The molecule has 0 aromatic heterocycles. The van der Waals surface area contributed by atoms with E-state index in [2.05, 4.69) is 0 Å². The van der Waals surface area contributed by atoms with Gasteiger partial charge in [0.15, 0.2) is 0 Å². The largest absolute Gasteiger partial charge is 0.496 e. The van der Waals surface area contributed by atoms with Gasteiger partial charge in [0.05, 0.1) is 13.7 Å². The molecule has 0 aliphatic heterocycles. The molecule has 0 fully saturated rings. The van der Waals surface area contributed by atoms with Crippen molar-refractivity contribution < 1.29 is 23.7 Å². The minimum Gasteiger partial charge on any atom is -0.496 e. The summed E-state index contributed by atoms with van der Waals surface area (Å²) in [6.45, 7) is 1.73. The van der Waals surface area contributed by atoms with Crippen LogP contribution in [0, 0.1) is 0 Å². The summed E-state index contributed by atoms with van der Waals surface area (Å²) in [7, 11) is 3.11. The molecule has 0 heterocycles. The van der Waals surface area contributed by atoms with Crippen LogP contribution >= 0.6 is 0 Å². The summed E-state index contributed by atoms with van der Waals surface area (Å²) in [5, 5.41) is 0. The van der Waals surface area contributed by atoms with Crippen molar-refractivity contribution in [2.75, 3.05) is 46.4 Å². The van der Waals surface area contributed by atoms with Crippen LogP contribution in [0.4, 0.5) is 5.69 Å². The van der Waals surface area contributed by atoms with E-state index in [4.69, 9.17) is 24.7 Å². The van der Waals surface area contributed by atoms with E-state index in [1.165, 1.54) is 7.11 Å². The average molecular weight is 283 g/mol. The zero-order valence-corrected chi connectivity index (χ0v) is 11.9. The number of methoxy groups -OCH3 is 2. The zero-order chi connectivity index (χ0) is 14.8. The molecule has 2 N–H and O–H groups in total. The molecule has 112 valence electrons. The van der Waals surface area contributed by atoms with Gasteiger partial charge in [-0.05, 0) is 18.6 Å². The number of hydrogen-bond donors (Lipinski definition) is 1. The summed E-state index contributed by atoms with van der Waals surface area (Å²) < 4.78 is 20.4. The highest BCUT2D eigenvalue weighted by Crippen LogP contribution is 2.24. The lowest BCUT2D eigenvalue weighted by molar-refractivity contribution is 0.0286. The Bertz CT molecular complexity index is 422. The SMILES string of the molecule is COCCCOCCOC(=O)c1c(N)cccc1OC. The van der Waals surface area contributed by atoms with Gasteiger partial charge in [-0.15, -0.1) is 0 Å². The van der Waals surface area contributed by atoms with Gasteiger partial charge in [-0.2, -0.15) is 0 Å². The first kappa shape index (κ1) is 16.3. The topological polar surface area (TPSA) is 80.0 Å². The first-order valence-electron chi connectivity index (χ1n) is 6.37. The number of ether oxygens (including phenoxy) is 4. The molecule has 1 rings (SSSR count). The molecule has 0 aliphatic carbocycles. The maximum Gasteiger partial charge on any atom is 0.344 e. The lowest BCUT2D eigenvalue weighted by Gasteiger charge is -2.11. The van der Waals surface area contributed by atoms with Crippen molar-refractivity contribution in [1.29, 1.82) is 0 Å². The number of nitrogen functional groups attached to an aromatic ring is 1. The van der Waals surface area contributed by atoms with E-state index >= 15 is 0 Å². The van der Waals surface area contributed by atoms with Gasteiger partial charge in [-0.3, -0.25) is 0 Å². The van der Waals surface area contributed by atoms with E-state index in [0.29, 0.717) is 31.3 Å². The molecule has 1 aromatic carbocycles. The molecule has 6 nitrogen and oxygen atoms in total. The van der Waals surface area contributed by atoms with Crippen LogP contribution in [-0.4, -0.2) is 46.6 Å². The Labute approximate surface area is 118 Å². The van der Waals surface area contributed by atoms with Crippen LogP contribution in [0.5, 0.6) is 5.75 Å². The third kappa shape index (κ3) is 5.07. The van der Waals surface area contributed by atoms with Crippen LogP contribution in [0.15, 0.2) is 18.2 Å². The van der Waals surface area contributed by atoms with Gasteiger partial charge in [0.25, 0.3) is 0 Å². The molecule has 0 radical (unpaired) electrons. The first-order valence-corrected chi connectivity index (χ1v) is 6.37. The molecule has 0 aliphatic rings. The van der Waals surface area contributed by atoms with Crippen molar-refractivity contribution in [3.63, 3.8) is 0 Å². The van der Waals surface area contributed by atoms with Crippen LogP contribution in [0.25, 0.3) is 0 Å². The molecule has 0 unspecified atom stereocenters. The number of esters is 1. The van der Waals surface area contributed by atoms with E-state index in [1.54, 1.807) is 25.3 Å². The quantitative estimate of drug-likeness (QED) is 0.420. The Morgan fingerprint density at radius 1 is 1.15 bits per heavy atom. The lowest BCUT2D eigenvalue weighted by Crippen LogP contribution is -2.14. The van der Waals surface area contributed by atoms with Gasteiger partial charge in [0.2, 0.25) is 0 Å². The molecule has 0 atom stereocenters.